The molecule has 7 nitrogen and oxygen atoms in total. The van der Waals surface area contributed by atoms with Gasteiger partial charge in [-0.15, -0.1) is 0 Å². The summed E-state index contributed by atoms with van der Waals surface area (Å²) >= 11 is 0. The van der Waals surface area contributed by atoms with Crippen molar-refractivity contribution in [3.8, 4) is 0 Å². The van der Waals surface area contributed by atoms with E-state index in [1.165, 1.54) is 4.90 Å². The summed E-state index contributed by atoms with van der Waals surface area (Å²) in [5.41, 5.74) is 0. The molecule has 1 aromatic heterocycles. The Labute approximate surface area is 131 Å². The molecule has 0 aromatic carbocycles. The molecule has 2 N–H and O–H groups in total. The van der Waals surface area contributed by atoms with Crippen LogP contribution >= 0.6 is 0 Å². The monoisotopic (exact) mass is 329 g/mol. The van der Waals surface area contributed by atoms with Gasteiger partial charge in [0.2, 0.25) is 10.0 Å². The molecule has 0 aliphatic heterocycles. The van der Waals surface area contributed by atoms with E-state index in [2.05, 4.69) is 10.0 Å². The predicted octanol–water partition coefficient (Wildman–Crippen LogP) is 0.541. The van der Waals surface area contributed by atoms with Gasteiger partial charge >= 0.3 is 0 Å². The lowest BCUT2D eigenvalue weighted by Gasteiger charge is -2.14. The van der Waals surface area contributed by atoms with E-state index in [1.54, 1.807) is 26.2 Å². The van der Waals surface area contributed by atoms with Gasteiger partial charge in [-0.3, -0.25) is 4.79 Å². The van der Waals surface area contributed by atoms with Crippen LogP contribution in [0, 0.1) is 0 Å². The minimum atomic E-state index is -3.15. The van der Waals surface area contributed by atoms with E-state index in [-0.39, 0.29) is 17.2 Å². The molecule has 1 saturated carbocycles. The maximum atomic E-state index is 11.7. The van der Waals surface area contributed by atoms with Crippen LogP contribution in [0.25, 0.3) is 0 Å². The Morgan fingerprint density at radius 2 is 2.09 bits per heavy atom. The van der Waals surface area contributed by atoms with Crippen molar-refractivity contribution in [1.82, 2.24) is 14.9 Å². The third-order valence-corrected chi connectivity index (χ3v) is 5.38. The van der Waals surface area contributed by atoms with Gasteiger partial charge < -0.3 is 14.6 Å². The Balaban J connectivity index is 1.76. The Hall–Kier alpha value is -1.38. The minimum Gasteiger partial charge on any atom is -0.455 e. The molecular weight excluding hydrogens is 306 g/mol. The first-order valence-electron chi connectivity index (χ1n) is 7.32. The molecule has 0 bridgehead atoms. The van der Waals surface area contributed by atoms with Crippen molar-refractivity contribution in [3.05, 3.63) is 23.7 Å². The Morgan fingerprint density at radius 1 is 1.41 bits per heavy atom. The van der Waals surface area contributed by atoms with Crippen LogP contribution < -0.4 is 10.0 Å². The molecule has 0 spiro atoms. The summed E-state index contributed by atoms with van der Waals surface area (Å²) in [5.74, 6) is 0.752. The van der Waals surface area contributed by atoms with E-state index in [9.17, 15) is 13.2 Å². The summed E-state index contributed by atoms with van der Waals surface area (Å²) < 4.78 is 31.5. The van der Waals surface area contributed by atoms with Gasteiger partial charge in [0, 0.05) is 26.7 Å². The van der Waals surface area contributed by atoms with Gasteiger partial charge in [0.25, 0.3) is 5.91 Å². The Kier molecular flexibility index (Phi) is 5.25. The van der Waals surface area contributed by atoms with E-state index in [1.807, 2.05) is 6.92 Å². The molecule has 0 radical (unpaired) electrons. The van der Waals surface area contributed by atoms with Gasteiger partial charge in [0.1, 0.15) is 5.76 Å². The third kappa shape index (κ3) is 4.56. The van der Waals surface area contributed by atoms with E-state index in [4.69, 9.17) is 4.42 Å². The number of rotatable bonds is 8. The van der Waals surface area contributed by atoms with Crippen LogP contribution in [-0.2, 0) is 16.6 Å². The lowest BCUT2D eigenvalue weighted by atomic mass is 10.3. The molecule has 0 saturated heterocycles. The molecule has 22 heavy (non-hydrogen) atoms. The van der Waals surface area contributed by atoms with Crippen molar-refractivity contribution < 1.29 is 17.6 Å². The molecule has 124 valence electrons. The molecule has 1 amide bonds. The summed E-state index contributed by atoms with van der Waals surface area (Å²) in [4.78, 5) is 13.2. The fourth-order valence-electron chi connectivity index (χ4n) is 1.89. The molecule has 0 unspecified atom stereocenters. The Bertz CT molecular complexity index is 620. The highest BCUT2D eigenvalue weighted by atomic mass is 32.2. The SMILES string of the molecule is C[C@@H](CNS(=O)(=O)C1CC1)NCc1ccc(C(=O)N(C)C)o1. The second-order valence-electron chi connectivity index (χ2n) is 5.84. The number of sulfonamides is 1. The maximum Gasteiger partial charge on any atom is 0.289 e. The van der Waals surface area contributed by atoms with Crippen molar-refractivity contribution in [2.45, 2.75) is 37.6 Å². The van der Waals surface area contributed by atoms with E-state index < -0.39 is 10.0 Å². The topological polar surface area (TPSA) is 91.7 Å². The van der Waals surface area contributed by atoms with E-state index in [0.717, 1.165) is 12.8 Å². The largest absolute Gasteiger partial charge is 0.455 e. The van der Waals surface area contributed by atoms with Crippen molar-refractivity contribution in [2.24, 2.45) is 0 Å². The van der Waals surface area contributed by atoms with Crippen LogP contribution in [0.1, 0.15) is 36.1 Å². The number of carbonyl (C=O) groups is 1. The van der Waals surface area contributed by atoms with Crippen LogP contribution in [0.2, 0.25) is 0 Å². The second kappa shape index (κ2) is 6.80. The first-order chi connectivity index (χ1) is 10.3. The molecule has 1 aromatic rings. The van der Waals surface area contributed by atoms with Crippen molar-refractivity contribution in [2.75, 3.05) is 20.6 Å². The zero-order valence-electron chi connectivity index (χ0n) is 13.1. The van der Waals surface area contributed by atoms with E-state index >= 15 is 0 Å². The molecular formula is C14H23N3O4S. The summed E-state index contributed by atoms with van der Waals surface area (Å²) in [7, 11) is 0.182. The van der Waals surface area contributed by atoms with Crippen molar-refractivity contribution in [3.63, 3.8) is 0 Å². The van der Waals surface area contributed by atoms with Crippen molar-refractivity contribution >= 4 is 15.9 Å². The smallest absolute Gasteiger partial charge is 0.289 e. The summed E-state index contributed by atoms with van der Waals surface area (Å²) in [6, 6.07) is 3.34. The number of furan rings is 1. The average Bonchev–Trinajstić information content (AvgIpc) is 3.22. The van der Waals surface area contributed by atoms with Crippen LogP contribution in [-0.4, -0.2) is 51.2 Å². The fourth-order valence-corrected chi connectivity index (χ4v) is 3.37. The number of hydrogen-bond donors (Lipinski definition) is 2. The first-order valence-corrected chi connectivity index (χ1v) is 8.86. The Morgan fingerprint density at radius 3 is 2.68 bits per heavy atom. The molecule has 1 fully saturated rings. The molecule has 2 rings (SSSR count). The van der Waals surface area contributed by atoms with Gasteiger partial charge in [-0.1, -0.05) is 0 Å². The van der Waals surface area contributed by atoms with Gasteiger partial charge in [-0.2, -0.15) is 0 Å². The lowest BCUT2D eigenvalue weighted by Crippen LogP contribution is -2.39. The summed E-state index contributed by atoms with van der Waals surface area (Å²) in [6.07, 6.45) is 1.51. The highest BCUT2D eigenvalue weighted by molar-refractivity contribution is 7.90. The molecule has 8 heteroatoms. The van der Waals surface area contributed by atoms with Gasteiger partial charge in [-0.25, -0.2) is 13.1 Å². The zero-order valence-corrected chi connectivity index (χ0v) is 13.9. The fraction of sp³-hybridized carbons (Fsp3) is 0.643. The molecule has 1 atom stereocenters. The minimum absolute atomic E-state index is 0.0355. The number of nitrogens with one attached hydrogen (secondary N) is 2. The van der Waals surface area contributed by atoms with Gasteiger partial charge in [0.15, 0.2) is 5.76 Å². The summed E-state index contributed by atoms with van der Waals surface area (Å²) in [5, 5.41) is 2.96. The standard InChI is InChI=1S/C14H23N3O4S/c1-10(8-16-22(19,20)12-5-6-12)15-9-11-4-7-13(21-11)14(18)17(2)3/h4,7,10,12,15-16H,5-6,8-9H2,1-3H3/t10-/m0/s1. The number of nitrogens with zero attached hydrogens (tertiary/aromatic N) is 1. The third-order valence-electron chi connectivity index (χ3n) is 3.46. The van der Waals surface area contributed by atoms with E-state index in [0.29, 0.717) is 24.6 Å². The normalized spacial score (nSPS) is 16.5. The molecule has 1 aliphatic carbocycles. The highest BCUT2D eigenvalue weighted by Gasteiger charge is 2.35. The number of amides is 1. The average molecular weight is 329 g/mol. The van der Waals surface area contributed by atoms with Crippen LogP contribution in [0.3, 0.4) is 0 Å². The lowest BCUT2D eigenvalue weighted by molar-refractivity contribution is 0.0794. The molecule has 1 aliphatic rings. The number of carbonyl (C=O) groups excluding carboxylic acids is 1. The molecule has 1 heterocycles. The highest BCUT2D eigenvalue weighted by Crippen LogP contribution is 2.27. The second-order valence-corrected chi connectivity index (χ2v) is 7.89. The first kappa shape index (κ1) is 17.0. The van der Waals surface area contributed by atoms with Crippen LogP contribution in [0.4, 0.5) is 0 Å². The van der Waals surface area contributed by atoms with Gasteiger partial charge in [-0.05, 0) is 31.9 Å². The predicted molar refractivity (Wildman–Crippen MR) is 83.0 cm³/mol. The maximum absolute atomic E-state index is 11.7. The van der Waals surface area contributed by atoms with Crippen molar-refractivity contribution in [1.29, 1.82) is 0 Å². The van der Waals surface area contributed by atoms with Gasteiger partial charge in [0.05, 0.1) is 11.8 Å². The van der Waals surface area contributed by atoms with Crippen LogP contribution in [0.5, 0.6) is 0 Å². The van der Waals surface area contributed by atoms with Crippen LogP contribution in [0.15, 0.2) is 16.5 Å². The quantitative estimate of drug-likeness (QED) is 0.726. The number of hydrogen-bond acceptors (Lipinski definition) is 5. The summed E-state index contributed by atoms with van der Waals surface area (Å²) in [6.45, 7) is 2.67. The zero-order chi connectivity index (χ0) is 16.3.